The average molecular weight is 380 g/mol. The number of hydrogen-bond donors (Lipinski definition) is 2. The summed E-state index contributed by atoms with van der Waals surface area (Å²) in [6.07, 6.45) is -3.82. The number of amides is 2. The summed E-state index contributed by atoms with van der Waals surface area (Å²) >= 11 is 5.53. The van der Waals surface area contributed by atoms with Gasteiger partial charge in [0.1, 0.15) is 0 Å². The lowest BCUT2D eigenvalue weighted by atomic mass is 10.2. The third-order valence-electron chi connectivity index (χ3n) is 3.40. The number of hydrogen-bond acceptors (Lipinski definition) is 3. The largest absolute Gasteiger partial charge is 0.417 e. The highest BCUT2D eigenvalue weighted by molar-refractivity contribution is 6.31. The fraction of sp³-hybridized carbons (Fsp3) is 0.500. The minimum Gasteiger partial charge on any atom is -0.353 e. The van der Waals surface area contributed by atoms with Gasteiger partial charge >= 0.3 is 6.18 Å². The molecule has 5 nitrogen and oxygen atoms in total. The van der Waals surface area contributed by atoms with Crippen molar-refractivity contribution in [3.8, 4) is 0 Å². The van der Waals surface area contributed by atoms with Crippen LogP contribution in [0.1, 0.15) is 25.8 Å². The monoisotopic (exact) mass is 379 g/mol. The molecule has 0 saturated carbocycles. The Balaban J connectivity index is 2.61. The summed E-state index contributed by atoms with van der Waals surface area (Å²) in [5.41, 5.74) is -1.03. The van der Waals surface area contributed by atoms with Crippen molar-refractivity contribution < 1.29 is 22.8 Å². The summed E-state index contributed by atoms with van der Waals surface area (Å²) in [7, 11) is 1.57. The molecule has 140 valence electrons. The highest BCUT2D eigenvalue weighted by Crippen LogP contribution is 2.36. The number of carbonyl (C=O) groups is 2. The van der Waals surface area contributed by atoms with Crippen LogP contribution in [0.2, 0.25) is 5.02 Å². The highest BCUT2D eigenvalue weighted by Gasteiger charge is 2.33. The predicted octanol–water partition coefficient (Wildman–Crippen LogP) is 3.14. The Morgan fingerprint density at radius 1 is 1.24 bits per heavy atom. The average Bonchev–Trinajstić information content (AvgIpc) is 2.47. The summed E-state index contributed by atoms with van der Waals surface area (Å²) in [6.45, 7) is 3.66. The van der Waals surface area contributed by atoms with Crippen LogP contribution < -0.4 is 10.6 Å². The van der Waals surface area contributed by atoms with Crippen LogP contribution in [0.25, 0.3) is 0 Å². The molecule has 0 spiro atoms. The lowest BCUT2D eigenvalue weighted by Crippen LogP contribution is -2.41. The van der Waals surface area contributed by atoms with Crippen molar-refractivity contribution in [2.24, 2.45) is 0 Å². The number of anilines is 1. The predicted molar refractivity (Wildman–Crippen MR) is 90.5 cm³/mol. The summed E-state index contributed by atoms with van der Waals surface area (Å²) in [4.78, 5) is 25.1. The van der Waals surface area contributed by atoms with Crippen LogP contribution in [0.3, 0.4) is 0 Å². The maximum Gasteiger partial charge on any atom is 0.417 e. The Bertz CT molecular complexity index is 623. The summed E-state index contributed by atoms with van der Waals surface area (Å²) in [5.74, 6) is -0.759. The molecule has 0 aliphatic carbocycles. The number of benzene rings is 1. The minimum atomic E-state index is -4.61. The third-order valence-corrected chi connectivity index (χ3v) is 3.73. The molecule has 9 heteroatoms. The van der Waals surface area contributed by atoms with E-state index < -0.39 is 22.7 Å². The van der Waals surface area contributed by atoms with Crippen LogP contribution >= 0.6 is 11.6 Å². The molecule has 2 N–H and O–H groups in total. The standard InChI is InChI=1S/C16H21ClF3N3O2/c1-4-10(2)21-14(24)8-23(3)9-15(25)22-11-5-6-13(17)12(7-11)16(18,19)20/h5-7,10H,4,8-9H2,1-3H3,(H,21,24)(H,22,25)/t10-/m0/s1. The van der Waals surface area contributed by atoms with Gasteiger partial charge in [0.2, 0.25) is 11.8 Å². The van der Waals surface area contributed by atoms with Gasteiger partial charge in [-0.2, -0.15) is 13.2 Å². The SMILES string of the molecule is CC[C@H](C)NC(=O)CN(C)CC(=O)Nc1ccc(Cl)c(C(F)(F)F)c1. The summed E-state index contributed by atoms with van der Waals surface area (Å²) in [5, 5.41) is 4.69. The molecule has 1 atom stereocenters. The lowest BCUT2D eigenvalue weighted by molar-refractivity contribution is -0.137. The number of rotatable bonds is 7. The van der Waals surface area contributed by atoms with Crippen LogP contribution in [-0.4, -0.2) is 42.9 Å². The first-order valence-corrected chi connectivity index (χ1v) is 8.05. The van der Waals surface area contributed by atoms with Crippen LogP contribution in [-0.2, 0) is 15.8 Å². The van der Waals surface area contributed by atoms with E-state index in [1.807, 2.05) is 13.8 Å². The van der Waals surface area contributed by atoms with Gasteiger partial charge in [0.25, 0.3) is 0 Å². The molecule has 0 fully saturated rings. The van der Waals surface area contributed by atoms with Crippen molar-refractivity contribution in [1.29, 1.82) is 0 Å². The Labute approximate surface area is 149 Å². The van der Waals surface area contributed by atoms with Gasteiger partial charge in [-0.3, -0.25) is 14.5 Å². The van der Waals surface area contributed by atoms with Gasteiger partial charge in [-0.25, -0.2) is 0 Å². The van der Waals surface area contributed by atoms with E-state index in [1.54, 1.807) is 7.05 Å². The molecule has 0 heterocycles. The van der Waals surface area contributed by atoms with E-state index in [0.29, 0.717) is 0 Å². The van der Waals surface area contributed by atoms with Gasteiger partial charge in [-0.1, -0.05) is 18.5 Å². The van der Waals surface area contributed by atoms with E-state index in [9.17, 15) is 22.8 Å². The van der Waals surface area contributed by atoms with Crippen molar-refractivity contribution in [1.82, 2.24) is 10.2 Å². The van der Waals surface area contributed by atoms with Gasteiger partial charge < -0.3 is 10.6 Å². The van der Waals surface area contributed by atoms with Gasteiger partial charge in [-0.05, 0) is 38.6 Å². The van der Waals surface area contributed by atoms with E-state index >= 15 is 0 Å². The third kappa shape index (κ3) is 7.31. The second-order valence-electron chi connectivity index (χ2n) is 5.79. The molecular weight excluding hydrogens is 359 g/mol. The fourth-order valence-corrected chi connectivity index (χ4v) is 2.21. The van der Waals surface area contributed by atoms with Crippen molar-refractivity contribution in [2.75, 3.05) is 25.5 Å². The Hall–Kier alpha value is -1.80. The Morgan fingerprint density at radius 3 is 2.40 bits per heavy atom. The summed E-state index contributed by atoms with van der Waals surface area (Å²) in [6, 6.07) is 3.16. The smallest absolute Gasteiger partial charge is 0.353 e. The number of nitrogens with zero attached hydrogens (tertiary/aromatic N) is 1. The highest BCUT2D eigenvalue weighted by atomic mass is 35.5. The quantitative estimate of drug-likeness (QED) is 0.765. The second kappa shape index (κ2) is 9.05. The van der Waals surface area contributed by atoms with Gasteiger partial charge in [0.05, 0.1) is 23.7 Å². The van der Waals surface area contributed by atoms with E-state index in [0.717, 1.165) is 18.6 Å². The molecule has 2 amide bonds. The van der Waals surface area contributed by atoms with E-state index in [2.05, 4.69) is 10.6 Å². The van der Waals surface area contributed by atoms with Gasteiger partial charge in [0.15, 0.2) is 0 Å². The Kier molecular flexibility index (Phi) is 7.69. The van der Waals surface area contributed by atoms with Crippen LogP contribution in [0, 0.1) is 0 Å². The fourth-order valence-electron chi connectivity index (χ4n) is 1.99. The van der Waals surface area contributed by atoms with Crippen LogP contribution in [0.15, 0.2) is 18.2 Å². The maximum absolute atomic E-state index is 12.8. The first kappa shape index (κ1) is 21.2. The minimum absolute atomic E-state index is 0.00613. The zero-order valence-electron chi connectivity index (χ0n) is 14.2. The normalized spacial score (nSPS) is 12.8. The van der Waals surface area contributed by atoms with Gasteiger partial charge in [-0.15, -0.1) is 0 Å². The molecule has 0 bridgehead atoms. The molecular formula is C16H21ClF3N3O2. The number of carbonyl (C=O) groups excluding carboxylic acids is 2. The maximum atomic E-state index is 12.8. The molecule has 0 aromatic heterocycles. The number of alkyl halides is 3. The molecule has 0 saturated heterocycles. The topological polar surface area (TPSA) is 61.4 Å². The van der Waals surface area contributed by atoms with Crippen molar-refractivity contribution >= 4 is 29.1 Å². The lowest BCUT2D eigenvalue weighted by Gasteiger charge is -2.18. The van der Waals surface area contributed by atoms with Crippen LogP contribution in [0.4, 0.5) is 18.9 Å². The van der Waals surface area contributed by atoms with Crippen molar-refractivity contribution in [3.05, 3.63) is 28.8 Å². The molecule has 25 heavy (non-hydrogen) atoms. The van der Waals surface area contributed by atoms with Crippen LogP contribution in [0.5, 0.6) is 0 Å². The molecule has 0 radical (unpaired) electrons. The second-order valence-corrected chi connectivity index (χ2v) is 6.20. The molecule has 1 aromatic carbocycles. The first-order valence-electron chi connectivity index (χ1n) is 7.67. The zero-order chi connectivity index (χ0) is 19.2. The van der Waals surface area contributed by atoms with Gasteiger partial charge in [0, 0.05) is 11.7 Å². The van der Waals surface area contributed by atoms with Crippen molar-refractivity contribution in [3.63, 3.8) is 0 Å². The Morgan fingerprint density at radius 2 is 1.84 bits per heavy atom. The van der Waals surface area contributed by atoms with E-state index in [4.69, 9.17) is 11.6 Å². The molecule has 0 unspecified atom stereocenters. The molecule has 0 aliphatic rings. The summed E-state index contributed by atoms with van der Waals surface area (Å²) < 4.78 is 38.4. The zero-order valence-corrected chi connectivity index (χ0v) is 15.0. The number of likely N-dealkylation sites (N-methyl/N-ethyl adjacent to an activating group) is 1. The molecule has 1 rings (SSSR count). The molecule has 1 aromatic rings. The first-order chi connectivity index (χ1) is 11.5. The van der Waals surface area contributed by atoms with E-state index in [-0.39, 0.29) is 30.7 Å². The van der Waals surface area contributed by atoms with E-state index in [1.165, 1.54) is 11.0 Å². The van der Waals surface area contributed by atoms with Crippen molar-refractivity contribution in [2.45, 2.75) is 32.5 Å². The molecule has 0 aliphatic heterocycles. The number of nitrogens with one attached hydrogen (secondary N) is 2. The number of halogens is 4.